The predicted molar refractivity (Wildman–Crippen MR) is 136 cm³/mol. The van der Waals surface area contributed by atoms with Crippen LogP contribution < -0.4 is 5.32 Å². The number of anilines is 1. The number of hydrogen-bond donors (Lipinski definition) is 1. The van der Waals surface area contributed by atoms with Gasteiger partial charge in [-0.15, -0.1) is 11.3 Å². The maximum Gasteiger partial charge on any atom is 0.322 e. The lowest BCUT2D eigenvalue weighted by Crippen LogP contribution is -2.45. The molecule has 1 N–H and O–H groups in total. The molecule has 1 aromatic heterocycles. The van der Waals surface area contributed by atoms with Gasteiger partial charge in [0.05, 0.1) is 18.2 Å². The molecular weight excluding hydrogens is 444 g/mol. The van der Waals surface area contributed by atoms with E-state index in [2.05, 4.69) is 17.5 Å². The van der Waals surface area contributed by atoms with E-state index in [0.29, 0.717) is 30.9 Å². The van der Waals surface area contributed by atoms with Crippen molar-refractivity contribution in [1.82, 2.24) is 9.80 Å². The molecule has 0 aliphatic carbocycles. The highest BCUT2D eigenvalue weighted by atomic mass is 32.1. The number of hydrogen-bond acceptors (Lipinski definition) is 4. The van der Waals surface area contributed by atoms with Crippen molar-refractivity contribution in [3.63, 3.8) is 0 Å². The van der Waals surface area contributed by atoms with Crippen LogP contribution in [0.2, 0.25) is 0 Å². The second kappa shape index (κ2) is 12.0. The molecule has 1 heterocycles. The molecular formula is C27H30N4O2S. The van der Waals surface area contributed by atoms with Gasteiger partial charge >= 0.3 is 6.03 Å². The van der Waals surface area contributed by atoms with Gasteiger partial charge < -0.3 is 15.1 Å². The van der Waals surface area contributed by atoms with Crippen molar-refractivity contribution in [2.75, 3.05) is 18.4 Å². The molecule has 0 atom stereocenters. The van der Waals surface area contributed by atoms with Gasteiger partial charge in [-0.2, -0.15) is 5.26 Å². The molecule has 0 bridgehead atoms. The summed E-state index contributed by atoms with van der Waals surface area (Å²) in [5.74, 6) is 0.0722. The number of nitrogens with zero attached hydrogens (tertiary/aromatic N) is 3. The minimum absolute atomic E-state index is 0.0286. The molecule has 0 unspecified atom stereocenters. The number of urea groups is 1. The highest BCUT2D eigenvalue weighted by Gasteiger charge is 2.23. The summed E-state index contributed by atoms with van der Waals surface area (Å²) in [5, 5.41) is 12.0. The van der Waals surface area contributed by atoms with Crippen LogP contribution in [0.4, 0.5) is 10.5 Å². The number of rotatable bonds is 9. The SMILES string of the molecule is Cc1ccc(CN(Cc2ccccc2)C(=O)CN(CC(C)C)C(=O)Nc2cccc(C#N)c2)s1. The zero-order valence-electron chi connectivity index (χ0n) is 19.8. The fourth-order valence-electron chi connectivity index (χ4n) is 3.59. The maximum atomic E-state index is 13.5. The van der Waals surface area contributed by atoms with Crippen molar-refractivity contribution in [2.45, 2.75) is 33.9 Å². The third-order valence-electron chi connectivity index (χ3n) is 5.15. The fourth-order valence-corrected chi connectivity index (χ4v) is 4.49. The minimum atomic E-state index is -0.358. The van der Waals surface area contributed by atoms with Crippen LogP contribution in [0.5, 0.6) is 0 Å². The van der Waals surface area contributed by atoms with E-state index >= 15 is 0 Å². The molecule has 0 saturated heterocycles. The molecule has 0 aliphatic heterocycles. The Labute approximate surface area is 205 Å². The first-order valence-electron chi connectivity index (χ1n) is 11.3. The van der Waals surface area contributed by atoms with E-state index in [9.17, 15) is 9.59 Å². The molecule has 176 valence electrons. The van der Waals surface area contributed by atoms with Crippen LogP contribution in [-0.2, 0) is 17.9 Å². The highest BCUT2D eigenvalue weighted by Crippen LogP contribution is 2.19. The van der Waals surface area contributed by atoms with Crippen LogP contribution in [0.3, 0.4) is 0 Å². The molecule has 3 rings (SSSR count). The van der Waals surface area contributed by atoms with Crippen LogP contribution in [0.15, 0.2) is 66.7 Å². The van der Waals surface area contributed by atoms with E-state index in [1.165, 1.54) is 4.88 Å². The molecule has 2 aromatic carbocycles. The standard InChI is InChI=1S/C27H30N4O2S/c1-20(2)16-31(27(33)29-24-11-7-10-23(14-24)15-28)19-26(32)30(17-22-8-5-4-6-9-22)18-25-13-12-21(3)34-25/h4-14,20H,16-19H2,1-3H3,(H,29,33). The third-order valence-corrected chi connectivity index (χ3v) is 6.14. The van der Waals surface area contributed by atoms with Crippen molar-refractivity contribution in [3.8, 4) is 6.07 Å². The number of benzene rings is 2. The molecule has 3 amide bonds. The number of amides is 3. The minimum Gasteiger partial charge on any atom is -0.332 e. The Kier molecular flexibility index (Phi) is 8.83. The quantitative estimate of drug-likeness (QED) is 0.436. The summed E-state index contributed by atoms with van der Waals surface area (Å²) >= 11 is 1.67. The van der Waals surface area contributed by atoms with Crippen molar-refractivity contribution >= 4 is 29.0 Å². The average molecular weight is 475 g/mol. The van der Waals surface area contributed by atoms with Crippen LogP contribution in [-0.4, -0.2) is 34.8 Å². The van der Waals surface area contributed by atoms with Crippen molar-refractivity contribution in [2.24, 2.45) is 5.92 Å². The zero-order valence-corrected chi connectivity index (χ0v) is 20.6. The Bertz CT molecular complexity index is 1150. The monoisotopic (exact) mass is 474 g/mol. The van der Waals surface area contributed by atoms with Crippen LogP contribution in [0.25, 0.3) is 0 Å². The number of nitriles is 1. The van der Waals surface area contributed by atoms with E-state index in [-0.39, 0.29) is 24.4 Å². The zero-order chi connectivity index (χ0) is 24.5. The summed E-state index contributed by atoms with van der Waals surface area (Å²) < 4.78 is 0. The van der Waals surface area contributed by atoms with Gasteiger partial charge in [0.1, 0.15) is 6.54 Å². The van der Waals surface area contributed by atoms with Gasteiger partial charge in [0.15, 0.2) is 0 Å². The van der Waals surface area contributed by atoms with Crippen LogP contribution >= 0.6 is 11.3 Å². The highest BCUT2D eigenvalue weighted by molar-refractivity contribution is 7.11. The molecule has 7 heteroatoms. The van der Waals surface area contributed by atoms with Gasteiger partial charge in [-0.25, -0.2) is 4.79 Å². The first-order chi connectivity index (χ1) is 16.3. The normalized spacial score (nSPS) is 10.6. The number of aryl methyl sites for hydroxylation is 1. The summed E-state index contributed by atoms with van der Waals surface area (Å²) in [4.78, 5) is 32.2. The first-order valence-corrected chi connectivity index (χ1v) is 12.1. The van der Waals surface area contributed by atoms with Gasteiger partial charge in [-0.3, -0.25) is 4.79 Å². The Hall–Kier alpha value is -3.63. The second-order valence-corrected chi connectivity index (χ2v) is 10.0. The molecule has 0 spiro atoms. The van der Waals surface area contributed by atoms with Crippen molar-refractivity contribution < 1.29 is 9.59 Å². The smallest absolute Gasteiger partial charge is 0.322 e. The van der Waals surface area contributed by atoms with Gasteiger partial charge in [-0.1, -0.05) is 50.2 Å². The van der Waals surface area contributed by atoms with E-state index in [1.54, 1.807) is 45.4 Å². The number of thiophene rings is 1. The van der Waals surface area contributed by atoms with Crippen molar-refractivity contribution in [1.29, 1.82) is 5.26 Å². The molecule has 0 radical (unpaired) electrons. The van der Waals surface area contributed by atoms with Crippen molar-refractivity contribution in [3.05, 3.63) is 87.6 Å². The molecule has 34 heavy (non-hydrogen) atoms. The van der Waals surface area contributed by atoms with E-state index in [4.69, 9.17) is 5.26 Å². The lowest BCUT2D eigenvalue weighted by Gasteiger charge is -2.29. The largest absolute Gasteiger partial charge is 0.332 e. The van der Waals surface area contributed by atoms with E-state index in [0.717, 1.165) is 10.4 Å². The number of carbonyl (C=O) groups is 2. The van der Waals surface area contributed by atoms with E-state index < -0.39 is 0 Å². The van der Waals surface area contributed by atoms with Gasteiger partial charge in [0.2, 0.25) is 5.91 Å². The molecule has 6 nitrogen and oxygen atoms in total. The first kappa shape index (κ1) is 25.0. The summed E-state index contributed by atoms with van der Waals surface area (Å²) in [7, 11) is 0. The van der Waals surface area contributed by atoms with Crippen LogP contribution in [0, 0.1) is 24.2 Å². The van der Waals surface area contributed by atoms with Gasteiger partial charge in [0.25, 0.3) is 0 Å². The predicted octanol–water partition coefficient (Wildman–Crippen LogP) is 5.65. The Balaban J connectivity index is 1.77. The summed E-state index contributed by atoms with van der Waals surface area (Å²) in [5.41, 5.74) is 2.03. The number of carbonyl (C=O) groups excluding carboxylic acids is 2. The second-order valence-electron chi connectivity index (χ2n) is 8.64. The van der Waals surface area contributed by atoms with Gasteiger partial charge in [-0.05, 0) is 48.7 Å². The summed E-state index contributed by atoms with van der Waals surface area (Å²) in [6.07, 6.45) is 0. The Morgan fingerprint density at radius 2 is 1.76 bits per heavy atom. The average Bonchev–Trinajstić information content (AvgIpc) is 3.23. The summed E-state index contributed by atoms with van der Waals surface area (Å²) in [6.45, 7) is 7.44. The Morgan fingerprint density at radius 1 is 1.00 bits per heavy atom. The Morgan fingerprint density at radius 3 is 2.41 bits per heavy atom. The molecule has 0 fully saturated rings. The van der Waals surface area contributed by atoms with Crippen LogP contribution in [0.1, 0.15) is 34.7 Å². The molecule has 0 saturated carbocycles. The fraction of sp³-hybridized carbons (Fsp3) is 0.296. The summed E-state index contributed by atoms with van der Waals surface area (Å²) in [6, 6.07) is 22.4. The topological polar surface area (TPSA) is 76.4 Å². The maximum absolute atomic E-state index is 13.5. The molecule has 0 aliphatic rings. The molecule has 3 aromatic rings. The van der Waals surface area contributed by atoms with E-state index in [1.807, 2.05) is 57.2 Å². The lowest BCUT2D eigenvalue weighted by atomic mass is 10.2. The lowest BCUT2D eigenvalue weighted by molar-refractivity contribution is -0.133. The van der Waals surface area contributed by atoms with Gasteiger partial charge in [0, 0.05) is 28.5 Å². The number of nitrogens with one attached hydrogen (secondary N) is 1. The third kappa shape index (κ3) is 7.46.